The maximum Gasteiger partial charge on any atom is 1.00 e. The van der Waals surface area contributed by atoms with Crippen LogP contribution >= 0.6 is 0 Å². The minimum atomic E-state index is 0. The van der Waals surface area contributed by atoms with E-state index in [1.165, 1.54) is 0 Å². The molecular weight excluding hydrogens is 1220 g/mol. The summed E-state index contributed by atoms with van der Waals surface area (Å²) >= 11 is 0. The molecule has 4 heterocycles. The molecule has 7 aromatic carbocycles. The molecule has 0 amide bonds. The number of hydrogen-bond acceptors (Lipinski definition) is 8. The Balaban J connectivity index is 0.000000179. The van der Waals surface area contributed by atoms with Gasteiger partial charge >= 0.3 is 44.8 Å². The van der Waals surface area contributed by atoms with Crippen LogP contribution in [-0.4, -0.2) is 29.9 Å². The Hall–Kier alpha value is -7.76. The van der Waals surface area contributed by atoms with Crippen molar-refractivity contribution in [3.8, 4) is 46.0 Å². The van der Waals surface area contributed by atoms with Gasteiger partial charge in [-0.3, -0.25) is 11.8 Å². The maximum absolute atomic E-state index is 7.10. The van der Waals surface area contributed by atoms with Gasteiger partial charge in [0, 0.05) is 38.2 Å². The second-order valence-corrected chi connectivity index (χ2v) is 15.3. The average Bonchev–Trinajstić information content (AvgIpc) is 3.96. The van der Waals surface area contributed by atoms with E-state index in [4.69, 9.17) is 51.6 Å². The predicted octanol–water partition coefficient (Wildman–Crippen LogP) is 13.7. The smallest absolute Gasteiger partial charge is 0.456 e. The number of rotatable bonds is 7. The van der Waals surface area contributed by atoms with Gasteiger partial charge in [-0.25, -0.2) is 29.9 Å². The molecule has 0 saturated carbocycles. The van der Waals surface area contributed by atoms with Gasteiger partial charge < -0.3 is 21.7 Å². The summed E-state index contributed by atoms with van der Waals surface area (Å²) in [6.45, 7) is 3.98. The van der Waals surface area contributed by atoms with Crippen LogP contribution in [0.2, 0.25) is 0 Å². The molecule has 0 N–H and O–H groups in total. The van der Waals surface area contributed by atoms with Crippen molar-refractivity contribution in [1.82, 2.24) is 29.9 Å². The Morgan fingerprint density at radius 2 is 0.855 bits per heavy atom. The predicted molar refractivity (Wildman–Crippen MR) is 267 cm³/mol. The van der Waals surface area contributed by atoms with Crippen LogP contribution in [0.25, 0.3) is 83.6 Å². The first kappa shape index (κ1) is 49.2. The molecule has 0 aliphatic carbocycles. The summed E-state index contributed by atoms with van der Waals surface area (Å²) in [5.41, 5.74) is 8.75. The van der Waals surface area contributed by atoms with E-state index in [0.717, 1.165) is 77.3 Å². The van der Waals surface area contributed by atoms with Crippen molar-refractivity contribution in [2.75, 3.05) is 0 Å². The van der Waals surface area contributed by atoms with E-state index in [0.29, 0.717) is 41.4 Å². The standard InChI is InChI=1S/C31H26N6.2C14H7O.2Au/c1-3-4-14-22(2)28-32-26(33-29(36-28)23-15-8-5-9-16-23)21-27-34-30(24-17-10-6-11-18-24)37-31(35-27)25-19-12-7-13-20-25;2*1-2-10-7-8-14-12(9-10)11-5-3-4-6-13(11)15-14;;/h3-20H,21H2,1-2H3;2*3-9H;;/q;2*-1;2*+1/b4-3-,22-14+;;;;. The van der Waals surface area contributed by atoms with Crippen LogP contribution in [0.15, 0.2) is 203 Å². The Kier molecular flexibility index (Phi) is 16.6. The first-order valence-corrected chi connectivity index (χ1v) is 21.6. The second-order valence-electron chi connectivity index (χ2n) is 15.3. The largest absolute Gasteiger partial charge is 1.00 e. The van der Waals surface area contributed by atoms with Crippen LogP contribution in [0.4, 0.5) is 0 Å². The number of nitrogens with zero attached hydrogens (tertiary/aromatic N) is 6. The molecule has 8 nitrogen and oxygen atoms in total. The van der Waals surface area contributed by atoms with Gasteiger partial charge in [-0.2, -0.15) is 0 Å². The van der Waals surface area contributed by atoms with E-state index in [1.54, 1.807) is 0 Å². The number of furan rings is 2. The van der Waals surface area contributed by atoms with Crippen LogP contribution in [-0.2, 0) is 51.2 Å². The molecule has 11 rings (SSSR count). The summed E-state index contributed by atoms with van der Waals surface area (Å²) in [6.07, 6.45) is 20.5. The number of benzene rings is 7. The van der Waals surface area contributed by atoms with E-state index in [9.17, 15) is 0 Å². The Bertz CT molecular complexity index is 3490. The van der Waals surface area contributed by atoms with E-state index >= 15 is 0 Å². The van der Waals surface area contributed by atoms with Crippen LogP contribution in [0.1, 0.15) is 42.4 Å². The molecule has 0 aliphatic rings. The van der Waals surface area contributed by atoms with Crippen molar-refractivity contribution in [3.05, 3.63) is 236 Å². The Morgan fingerprint density at radius 3 is 1.29 bits per heavy atom. The molecule has 11 aromatic rings. The molecule has 0 unspecified atom stereocenters. The zero-order valence-electron chi connectivity index (χ0n) is 37.3. The zero-order chi connectivity index (χ0) is 46.0. The summed E-state index contributed by atoms with van der Waals surface area (Å²) in [5.74, 6) is 8.44. The van der Waals surface area contributed by atoms with Gasteiger partial charge in [-0.05, 0) is 43.7 Å². The normalized spacial score (nSPS) is 10.9. The second kappa shape index (κ2) is 23.3. The van der Waals surface area contributed by atoms with Crippen molar-refractivity contribution >= 4 is 49.5 Å². The quantitative estimate of drug-likeness (QED) is 0.0673. The van der Waals surface area contributed by atoms with Crippen LogP contribution in [0.5, 0.6) is 0 Å². The monoisotopic (exact) mass is 1260 g/mol. The van der Waals surface area contributed by atoms with Gasteiger partial charge in [0.2, 0.25) is 0 Å². The average molecular weight is 1260 g/mol. The van der Waals surface area contributed by atoms with Crippen molar-refractivity contribution in [3.63, 3.8) is 0 Å². The van der Waals surface area contributed by atoms with Crippen LogP contribution < -0.4 is 0 Å². The summed E-state index contributed by atoms with van der Waals surface area (Å²) in [6, 6.07) is 56.9. The number of allylic oxidation sites excluding steroid dienone is 4. The molecule has 0 spiro atoms. The number of fused-ring (bicyclic) bond motifs is 6. The molecule has 4 aromatic heterocycles. The van der Waals surface area contributed by atoms with E-state index < -0.39 is 0 Å². The number of para-hydroxylation sites is 2. The van der Waals surface area contributed by atoms with E-state index in [1.807, 2.05) is 208 Å². The van der Waals surface area contributed by atoms with Gasteiger partial charge in [0.25, 0.3) is 0 Å². The summed E-state index contributed by atoms with van der Waals surface area (Å²) in [5, 5.41) is 4.26. The van der Waals surface area contributed by atoms with Crippen LogP contribution in [0.3, 0.4) is 0 Å². The van der Waals surface area contributed by atoms with Gasteiger partial charge in [0.1, 0.15) is 34.0 Å². The van der Waals surface area contributed by atoms with E-state index in [-0.39, 0.29) is 44.8 Å². The fourth-order valence-electron chi connectivity index (χ4n) is 7.39. The fraction of sp³-hybridized carbons (Fsp3) is 0.0508. The molecule has 0 saturated heterocycles. The van der Waals surface area contributed by atoms with Crippen molar-refractivity contribution in [2.24, 2.45) is 0 Å². The molecule has 340 valence electrons. The third kappa shape index (κ3) is 11.7. The molecule has 0 fully saturated rings. The topological polar surface area (TPSA) is 104 Å². The molecule has 10 heteroatoms. The number of aromatic nitrogens is 6. The van der Waals surface area contributed by atoms with Crippen LogP contribution in [0, 0.1) is 24.7 Å². The number of hydrogen-bond donors (Lipinski definition) is 0. The SMILES string of the molecule is C/C=C\C=C(/C)c1nc(Cc2nc(-c3ccccc3)nc(-c3ccccc3)n2)nc(-c2ccccc2)n1.[Au+].[Au+].[C-]#Cc1ccc2oc3ccccc3c2c1.[C-]#Cc1ccc2oc3ccccc3c2c1. The van der Waals surface area contributed by atoms with Gasteiger partial charge in [-0.1, -0.05) is 146 Å². The minimum Gasteiger partial charge on any atom is -0.456 e. The van der Waals surface area contributed by atoms with Crippen molar-refractivity contribution < 1.29 is 53.6 Å². The summed E-state index contributed by atoms with van der Waals surface area (Å²) < 4.78 is 11.3. The molecule has 0 bridgehead atoms. The van der Waals surface area contributed by atoms with Gasteiger partial charge in [0.15, 0.2) is 23.3 Å². The third-order valence-corrected chi connectivity index (χ3v) is 10.7. The van der Waals surface area contributed by atoms with Gasteiger partial charge in [0.05, 0.1) is 6.42 Å². The summed E-state index contributed by atoms with van der Waals surface area (Å²) in [7, 11) is 0. The zero-order valence-corrected chi connectivity index (χ0v) is 41.6. The third-order valence-electron chi connectivity index (χ3n) is 10.7. The molecule has 0 atom stereocenters. The summed E-state index contributed by atoms with van der Waals surface area (Å²) in [4.78, 5) is 28.7. The molecular formula is C59H40Au2N6O2. The van der Waals surface area contributed by atoms with Crippen molar-refractivity contribution in [2.45, 2.75) is 20.3 Å². The molecule has 69 heavy (non-hydrogen) atoms. The van der Waals surface area contributed by atoms with Gasteiger partial charge in [-0.15, -0.1) is 35.4 Å². The van der Waals surface area contributed by atoms with E-state index in [2.05, 4.69) is 11.8 Å². The van der Waals surface area contributed by atoms with Crippen molar-refractivity contribution in [1.29, 1.82) is 0 Å². The minimum absolute atomic E-state index is 0. The fourth-order valence-corrected chi connectivity index (χ4v) is 7.39. The molecule has 0 radical (unpaired) electrons. The Morgan fingerprint density at radius 1 is 0.464 bits per heavy atom. The molecule has 0 aliphatic heterocycles. The first-order valence-electron chi connectivity index (χ1n) is 21.6. The first-order chi connectivity index (χ1) is 33.0. The Labute approximate surface area is 431 Å². The maximum atomic E-state index is 7.10.